The molecule has 0 aromatic rings. The van der Waals surface area contributed by atoms with Gasteiger partial charge < -0.3 is 20.5 Å². The molecule has 1 fully saturated rings. The minimum atomic E-state index is -0.0865. The van der Waals surface area contributed by atoms with Crippen molar-refractivity contribution in [1.29, 1.82) is 0 Å². The van der Waals surface area contributed by atoms with Crippen LogP contribution in [-0.2, 0) is 9.47 Å². The summed E-state index contributed by atoms with van der Waals surface area (Å²) in [7, 11) is 0. The second kappa shape index (κ2) is 6.35. The second-order valence-electron chi connectivity index (χ2n) is 4.02. The van der Waals surface area contributed by atoms with Gasteiger partial charge in [0.15, 0.2) is 6.29 Å². The van der Waals surface area contributed by atoms with Crippen LogP contribution < -0.4 is 11.1 Å². The van der Waals surface area contributed by atoms with Crippen molar-refractivity contribution in [2.45, 2.75) is 32.6 Å². The molecule has 0 saturated carbocycles. The van der Waals surface area contributed by atoms with E-state index >= 15 is 0 Å². The quantitative estimate of drug-likeness (QED) is 0.674. The minimum absolute atomic E-state index is 0.0865. The van der Waals surface area contributed by atoms with Gasteiger partial charge in [0.1, 0.15) is 0 Å². The maximum absolute atomic E-state index is 5.65. The van der Waals surface area contributed by atoms with E-state index in [0.29, 0.717) is 18.5 Å². The van der Waals surface area contributed by atoms with Crippen LogP contribution in [-0.4, -0.2) is 38.6 Å². The molecule has 0 aliphatic carbocycles. The third kappa shape index (κ3) is 3.92. The fourth-order valence-electron chi connectivity index (χ4n) is 1.49. The molecule has 0 amide bonds. The van der Waals surface area contributed by atoms with Crippen LogP contribution in [0.15, 0.2) is 0 Å². The van der Waals surface area contributed by atoms with Crippen molar-refractivity contribution in [3.05, 3.63) is 0 Å². The molecule has 1 aliphatic heterocycles. The fraction of sp³-hybridized carbons (Fsp3) is 1.00. The third-order valence-corrected chi connectivity index (χ3v) is 2.50. The van der Waals surface area contributed by atoms with Crippen LogP contribution in [0.2, 0.25) is 0 Å². The largest absolute Gasteiger partial charge is 0.351 e. The second-order valence-corrected chi connectivity index (χ2v) is 4.02. The molecule has 1 heterocycles. The number of rotatable bonds is 5. The van der Waals surface area contributed by atoms with E-state index in [4.69, 9.17) is 15.2 Å². The van der Waals surface area contributed by atoms with E-state index in [1.165, 1.54) is 0 Å². The van der Waals surface area contributed by atoms with Gasteiger partial charge in [-0.1, -0.05) is 13.8 Å². The summed E-state index contributed by atoms with van der Waals surface area (Å²) in [6, 6.07) is 0.351. The maximum Gasteiger partial charge on any atom is 0.169 e. The number of hydrogen-bond donors (Lipinski definition) is 2. The Balaban J connectivity index is 2.16. The molecule has 3 N–H and O–H groups in total. The fourth-order valence-corrected chi connectivity index (χ4v) is 1.49. The number of nitrogens with one attached hydrogen (secondary N) is 1. The monoisotopic (exact) mass is 202 g/mol. The summed E-state index contributed by atoms with van der Waals surface area (Å²) >= 11 is 0. The number of nitrogens with two attached hydrogens (primary N) is 1. The summed E-state index contributed by atoms with van der Waals surface area (Å²) in [6.07, 6.45) is 0.914. The number of hydrogen-bond acceptors (Lipinski definition) is 4. The molecule has 0 spiro atoms. The average molecular weight is 202 g/mol. The Morgan fingerprint density at radius 2 is 2.00 bits per heavy atom. The molecule has 1 aliphatic rings. The highest BCUT2D eigenvalue weighted by atomic mass is 16.7. The highest BCUT2D eigenvalue weighted by molar-refractivity contribution is 4.72. The van der Waals surface area contributed by atoms with Gasteiger partial charge in [0.2, 0.25) is 0 Å². The van der Waals surface area contributed by atoms with Crippen molar-refractivity contribution in [2.24, 2.45) is 11.7 Å². The van der Waals surface area contributed by atoms with Crippen LogP contribution >= 0.6 is 0 Å². The molecule has 0 bridgehead atoms. The van der Waals surface area contributed by atoms with Gasteiger partial charge in [-0.3, -0.25) is 0 Å². The first-order valence-corrected chi connectivity index (χ1v) is 5.40. The van der Waals surface area contributed by atoms with Crippen LogP contribution in [0.25, 0.3) is 0 Å². The predicted octanol–water partition coefficient (Wildman–Crippen LogP) is 0.322. The van der Waals surface area contributed by atoms with Crippen LogP contribution in [0.1, 0.15) is 20.3 Å². The molecule has 1 unspecified atom stereocenters. The molecule has 4 heteroatoms. The van der Waals surface area contributed by atoms with Crippen molar-refractivity contribution in [1.82, 2.24) is 5.32 Å². The SMILES string of the molecule is CC(C)C(CN)NCC1OCCCO1. The molecule has 1 saturated heterocycles. The maximum atomic E-state index is 5.65. The molecule has 1 rings (SSSR count). The van der Waals surface area contributed by atoms with Gasteiger partial charge in [0.05, 0.1) is 13.2 Å². The zero-order valence-corrected chi connectivity index (χ0v) is 9.16. The van der Waals surface area contributed by atoms with E-state index in [9.17, 15) is 0 Å². The first-order chi connectivity index (χ1) is 6.74. The lowest BCUT2D eigenvalue weighted by Gasteiger charge is -2.27. The molecule has 84 valence electrons. The Morgan fingerprint density at radius 3 is 2.50 bits per heavy atom. The van der Waals surface area contributed by atoms with E-state index in [2.05, 4.69) is 19.2 Å². The van der Waals surface area contributed by atoms with Crippen LogP contribution in [0.3, 0.4) is 0 Å². The van der Waals surface area contributed by atoms with Gasteiger partial charge in [0.25, 0.3) is 0 Å². The molecule has 1 atom stereocenters. The Morgan fingerprint density at radius 1 is 1.36 bits per heavy atom. The normalized spacial score (nSPS) is 21.4. The average Bonchev–Trinajstić information content (AvgIpc) is 2.20. The van der Waals surface area contributed by atoms with E-state index < -0.39 is 0 Å². The summed E-state index contributed by atoms with van der Waals surface area (Å²) < 4.78 is 10.9. The summed E-state index contributed by atoms with van der Waals surface area (Å²) in [4.78, 5) is 0. The van der Waals surface area contributed by atoms with Gasteiger partial charge in [-0.2, -0.15) is 0 Å². The summed E-state index contributed by atoms with van der Waals surface area (Å²) in [5, 5.41) is 3.36. The Hall–Kier alpha value is -0.160. The lowest BCUT2D eigenvalue weighted by Crippen LogP contribution is -2.45. The Bertz CT molecular complexity index is 147. The van der Waals surface area contributed by atoms with Crippen molar-refractivity contribution < 1.29 is 9.47 Å². The lowest BCUT2D eigenvalue weighted by molar-refractivity contribution is -0.176. The van der Waals surface area contributed by atoms with Crippen molar-refractivity contribution in [2.75, 3.05) is 26.3 Å². The van der Waals surface area contributed by atoms with Gasteiger partial charge in [-0.15, -0.1) is 0 Å². The first-order valence-electron chi connectivity index (χ1n) is 5.40. The molecular weight excluding hydrogens is 180 g/mol. The summed E-state index contributed by atoms with van der Waals surface area (Å²) in [5.74, 6) is 0.545. The first kappa shape index (κ1) is 11.9. The smallest absolute Gasteiger partial charge is 0.169 e. The van der Waals surface area contributed by atoms with Crippen molar-refractivity contribution >= 4 is 0 Å². The van der Waals surface area contributed by atoms with E-state index in [-0.39, 0.29) is 6.29 Å². The zero-order valence-electron chi connectivity index (χ0n) is 9.16. The zero-order chi connectivity index (χ0) is 10.4. The van der Waals surface area contributed by atoms with Gasteiger partial charge in [0, 0.05) is 19.1 Å². The summed E-state index contributed by atoms with van der Waals surface area (Å²) in [6.45, 7) is 7.33. The van der Waals surface area contributed by atoms with Gasteiger partial charge in [-0.05, 0) is 12.3 Å². The van der Waals surface area contributed by atoms with Crippen LogP contribution in [0.4, 0.5) is 0 Å². The van der Waals surface area contributed by atoms with E-state index in [0.717, 1.165) is 26.2 Å². The van der Waals surface area contributed by atoms with Crippen molar-refractivity contribution in [3.8, 4) is 0 Å². The highest BCUT2D eigenvalue weighted by Crippen LogP contribution is 2.05. The molecule has 14 heavy (non-hydrogen) atoms. The Kier molecular flexibility index (Phi) is 5.40. The third-order valence-electron chi connectivity index (χ3n) is 2.50. The van der Waals surface area contributed by atoms with Gasteiger partial charge in [-0.25, -0.2) is 0 Å². The topological polar surface area (TPSA) is 56.5 Å². The standard InChI is InChI=1S/C10H22N2O2/c1-8(2)9(6-11)12-7-10-13-4-3-5-14-10/h8-10,12H,3-7,11H2,1-2H3. The highest BCUT2D eigenvalue weighted by Gasteiger charge is 2.17. The molecule has 0 aromatic heterocycles. The van der Waals surface area contributed by atoms with Crippen LogP contribution in [0.5, 0.6) is 0 Å². The molecular formula is C10H22N2O2. The van der Waals surface area contributed by atoms with Crippen LogP contribution in [0, 0.1) is 5.92 Å². The molecule has 4 nitrogen and oxygen atoms in total. The predicted molar refractivity (Wildman–Crippen MR) is 56.0 cm³/mol. The van der Waals surface area contributed by atoms with Crippen molar-refractivity contribution in [3.63, 3.8) is 0 Å². The number of ether oxygens (including phenoxy) is 2. The molecule has 0 aromatic carbocycles. The Labute approximate surface area is 86.1 Å². The van der Waals surface area contributed by atoms with Gasteiger partial charge >= 0.3 is 0 Å². The minimum Gasteiger partial charge on any atom is -0.351 e. The lowest BCUT2D eigenvalue weighted by atomic mass is 10.1. The molecule has 0 radical (unpaired) electrons. The van der Waals surface area contributed by atoms with E-state index in [1.807, 2.05) is 0 Å². The van der Waals surface area contributed by atoms with E-state index in [1.54, 1.807) is 0 Å². The summed E-state index contributed by atoms with van der Waals surface area (Å²) in [5.41, 5.74) is 5.65.